The molecule has 1 fully saturated rings. The van der Waals surface area contributed by atoms with Gasteiger partial charge in [-0.25, -0.2) is 9.69 Å². The van der Waals surface area contributed by atoms with E-state index in [2.05, 4.69) is 20.7 Å². The second kappa shape index (κ2) is 4.78. The summed E-state index contributed by atoms with van der Waals surface area (Å²) in [6.07, 6.45) is -5.02. The average Bonchev–Trinajstić information content (AvgIpc) is 2.53. The number of urea groups is 1. The van der Waals surface area contributed by atoms with Gasteiger partial charge in [0.05, 0.1) is 5.69 Å². The largest absolute Gasteiger partial charge is 0.573 e. The number of imide groups is 2. The lowest BCUT2D eigenvalue weighted by Gasteiger charge is -2.17. The number of carbonyl (C=O) groups is 3. The first-order chi connectivity index (χ1) is 9.19. The molecule has 4 amide bonds. The van der Waals surface area contributed by atoms with Crippen molar-refractivity contribution in [2.75, 3.05) is 4.90 Å². The lowest BCUT2D eigenvalue weighted by Crippen LogP contribution is -2.32. The minimum absolute atomic E-state index is 0.235. The Kier molecular flexibility index (Phi) is 3.42. The molecule has 106 valence electrons. The van der Waals surface area contributed by atoms with E-state index in [0.717, 1.165) is 12.1 Å². The molecule has 1 saturated heterocycles. The molecule has 0 saturated carbocycles. The summed E-state index contributed by atoms with van der Waals surface area (Å²) in [6, 6.07) is 2.12. The number of anilines is 1. The second-order valence-electron chi connectivity index (χ2n) is 3.56. The number of hydrogen-bond donors (Lipinski definition) is 1. The van der Waals surface area contributed by atoms with Gasteiger partial charge in [0.15, 0.2) is 5.75 Å². The molecule has 20 heavy (non-hydrogen) atoms. The first-order valence-electron chi connectivity index (χ1n) is 4.94. The number of benzene rings is 1. The van der Waals surface area contributed by atoms with Crippen molar-refractivity contribution in [3.8, 4) is 5.75 Å². The Labute approximate surface area is 117 Å². The Bertz CT molecular complexity index is 617. The molecular weight excluding hydrogens is 349 g/mol. The van der Waals surface area contributed by atoms with Crippen LogP contribution in [0.15, 0.2) is 22.7 Å². The number of amides is 4. The predicted molar refractivity (Wildman–Crippen MR) is 61.8 cm³/mol. The maximum Gasteiger partial charge on any atom is 0.573 e. The van der Waals surface area contributed by atoms with E-state index < -0.39 is 35.6 Å². The molecule has 0 radical (unpaired) electrons. The minimum Gasteiger partial charge on any atom is -0.403 e. The number of nitrogens with one attached hydrogen (secondary N) is 1. The molecule has 0 atom stereocenters. The van der Waals surface area contributed by atoms with E-state index in [4.69, 9.17) is 0 Å². The highest BCUT2D eigenvalue weighted by atomic mass is 79.9. The smallest absolute Gasteiger partial charge is 0.403 e. The van der Waals surface area contributed by atoms with Crippen LogP contribution in [0.4, 0.5) is 23.7 Å². The third-order valence-electron chi connectivity index (χ3n) is 2.21. The van der Waals surface area contributed by atoms with Gasteiger partial charge in [-0.15, -0.1) is 13.2 Å². The summed E-state index contributed by atoms with van der Waals surface area (Å²) >= 11 is 2.94. The van der Waals surface area contributed by atoms with Gasteiger partial charge in [-0.3, -0.25) is 14.9 Å². The molecule has 1 N–H and O–H groups in total. The summed E-state index contributed by atoms with van der Waals surface area (Å²) in [5, 5.41) is 1.67. The van der Waals surface area contributed by atoms with Gasteiger partial charge in [0, 0.05) is 4.47 Å². The van der Waals surface area contributed by atoms with Crippen LogP contribution < -0.4 is 15.0 Å². The molecule has 0 unspecified atom stereocenters. The van der Waals surface area contributed by atoms with E-state index in [-0.39, 0.29) is 9.37 Å². The van der Waals surface area contributed by atoms with E-state index in [0.29, 0.717) is 0 Å². The SMILES string of the molecule is O=C1NC(=O)N(c2ccc(Br)cc2OC(F)(F)F)C1=O. The van der Waals surface area contributed by atoms with Crippen LogP contribution >= 0.6 is 15.9 Å². The summed E-state index contributed by atoms with van der Waals surface area (Å²) in [4.78, 5) is 34.2. The molecule has 1 heterocycles. The molecule has 1 aromatic rings. The number of nitrogens with zero attached hydrogens (tertiary/aromatic N) is 1. The van der Waals surface area contributed by atoms with Crippen molar-refractivity contribution in [1.82, 2.24) is 5.32 Å². The van der Waals surface area contributed by atoms with E-state index in [1.54, 1.807) is 5.32 Å². The fraction of sp³-hybridized carbons (Fsp3) is 0.100. The zero-order valence-electron chi connectivity index (χ0n) is 9.32. The number of alkyl halides is 3. The monoisotopic (exact) mass is 352 g/mol. The van der Waals surface area contributed by atoms with Crippen LogP contribution in [-0.2, 0) is 9.59 Å². The summed E-state index contributed by atoms with van der Waals surface area (Å²) in [6.45, 7) is 0. The van der Waals surface area contributed by atoms with Crippen molar-refractivity contribution in [3.63, 3.8) is 0 Å². The summed E-state index contributed by atoms with van der Waals surface area (Å²) in [7, 11) is 0. The van der Waals surface area contributed by atoms with E-state index in [1.807, 2.05) is 0 Å². The van der Waals surface area contributed by atoms with Crippen molar-refractivity contribution < 1.29 is 32.3 Å². The molecule has 10 heteroatoms. The number of ether oxygens (including phenoxy) is 1. The van der Waals surface area contributed by atoms with E-state index in [1.165, 1.54) is 6.07 Å². The molecule has 0 spiro atoms. The molecule has 0 bridgehead atoms. The molecule has 6 nitrogen and oxygen atoms in total. The van der Waals surface area contributed by atoms with Crippen molar-refractivity contribution in [1.29, 1.82) is 0 Å². The maximum atomic E-state index is 12.3. The number of rotatable bonds is 2. The van der Waals surface area contributed by atoms with Crippen molar-refractivity contribution in [3.05, 3.63) is 22.7 Å². The molecule has 2 rings (SSSR count). The highest BCUT2D eigenvalue weighted by Gasteiger charge is 2.41. The Hall–Kier alpha value is -2.10. The van der Waals surface area contributed by atoms with Gasteiger partial charge >= 0.3 is 24.2 Å². The zero-order valence-corrected chi connectivity index (χ0v) is 10.9. The summed E-state index contributed by atoms with van der Waals surface area (Å²) in [5.41, 5.74) is -0.487. The Morgan fingerprint density at radius 3 is 2.35 bits per heavy atom. The number of hydrogen-bond acceptors (Lipinski definition) is 4. The van der Waals surface area contributed by atoms with Gasteiger partial charge in [-0.1, -0.05) is 15.9 Å². The van der Waals surface area contributed by atoms with Gasteiger partial charge in [0.2, 0.25) is 0 Å². The Balaban J connectivity index is 2.49. The van der Waals surface area contributed by atoms with Crippen LogP contribution in [0.2, 0.25) is 0 Å². The van der Waals surface area contributed by atoms with Crippen LogP contribution in [0.1, 0.15) is 0 Å². The van der Waals surface area contributed by atoms with Crippen LogP contribution in [0, 0.1) is 0 Å². The highest BCUT2D eigenvalue weighted by Crippen LogP contribution is 2.36. The van der Waals surface area contributed by atoms with Gasteiger partial charge in [-0.2, -0.15) is 0 Å². The quantitative estimate of drug-likeness (QED) is 0.651. The number of halogens is 4. The predicted octanol–water partition coefficient (Wildman–Crippen LogP) is 1.93. The van der Waals surface area contributed by atoms with Crippen LogP contribution in [-0.4, -0.2) is 24.2 Å². The number of carbonyl (C=O) groups excluding carboxylic acids is 3. The standard InChI is InChI=1S/C10H4BrF3N2O4/c11-4-1-2-5(6(3-4)20-10(12,13)14)16-8(18)7(17)15-9(16)19/h1-3H,(H,15,17,19). The molecule has 1 aliphatic rings. The van der Waals surface area contributed by atoms with Gasteiger partial charge in [0.1, 0.15) is 0 Å². The Morgan fingerprint density at radius 1 is 1.20 bits per heavy atom. The summed E-state index contributed by atoms with van der Waals surface area (Å²) < 4.78 is 40.9. The third kappa shape index (κ3) is 2.74. The first kappa shape index (κ1) is 14.3. The van der Waals surface area contributed by atoms with Crippen LogP contribution in [0.3, 0.4) is 0 Å². The topological polar surface area (TPSA) is 75.7 Å². The normalized spacial score (nSPS) is 15.6. The fourth-order valence-corrected chi connectivity index (χ4v) is 1.84. The van der Waals surface area contributed by atoms with Crippen LogP contribution in [0.5, 0.6) is 5.75 Å². The molecule has 0 aliphatic carbocycles. The Morgan fingerprint density at radius 2 is 1.85 bits per heavy atom. The molecule has 1 aliphatic heterocycles. The maximum absolute atomic E-state index is 12.3. The van der Waals surface area contributed by atoms with Gasteiger partial charge in [-0.05, 0) is 18.2 Å². The molecule has 1 aromatic carbocycles. The minimum atomic E-state index is -5.02. The second-order valence-corrected chi connectivity index (χ2v) is 4.48. The van der Waals surface area contributed by atoms with Crippen LogP contribution in [0.25, 0.3) is 0 Å². The average molecular weight is 353 g/mol. The van der Waals surface area contributed by atoms with Gasteiger partial charge < -0.3 is 4.74 Å². The van der Waals surface area contributed by atoms with E-state index in [9.17, 15) is 27.6 Å². The third-order valence-corrected chi connectivity index (χ3v) is 2.70. The first-order valence-corrected chi connectivity index (χ1v) is 5.73. The highest BCUT2D eigenvalue weighted by molar-refractivity contribution is 9.10. The molecule has 0 aromatic heterocycles. The van der Waals surface area contributed by atoms with Crippen molar-refractivity contribution in [2.45, 2.75) is 6.36 Å². The zero-order chi connectivity index (χ0) is 15.1. The van der Waals surface area contributed by atoms with Crippen molar-refractivity contribution in [2.24, 2.45) is 0 Å². The molecular formula is C10H4BrF3N2O4. The lowest BCUT2D eigenvalue weighted by atomic mass is 10.2. The van der Waals surface area contributed by atoms with Crippen molar-refractivity contribution >= 4 is 39.5 Å². The van der Waals surface area contributed by atoms with E-state index >= 15 is 0 Å². The fourth-order valence-electron chi connectivity index (χ4n) is 1.50. The summed E-state index contributed by atoms with van der Waals surface area (Å²) in [5.74, 6) is -3.30. The van der Waals surface area contributed by atoms with Gasteiger partial charge in [0.25, 0.3) is 0 Å². The lowest BCUT2D eigenvalue weighted by molar-refractivity contribution is -0.274.